The number of Topliss-reactive ketones (excluding diaryl/α,β-unsaturated/α-hetero) is 1. The SMILES string of the molecule is CCc1cccc(CC)c1Nc1cc(C)nc(Nc2cccc(C(C)=O)c2)n1. The summed E-state index contributed by atoms with van der Waals surface area (Å²) in [5.41, 5.74) is 5.94. The molecule has 0 saturated carbocycles. The van der Waals surface area contributed by atoms with E-state index < -0.39 is 0 Å². The zero-order valence-electron chi connectivity index (χ0n) is 16.8. The standard InChI is InChI=1S/C23H26N4O/c1-5-17-9-7-10-18(6-2)22(17)26-21-13-15(3)24-23(27-21)25-20-12-8-11-19(14-20)16(4)28/h7-14H,5-6H2,1-4H3,(H2,24,25,26,27). The highest BCUT2D eigenvalue weighted by Gasteiger charge is 2.10. The first-order valence-corrected chi connectivity index (χ1v) is 9.61. The Kier molecular flexibility index (Phi) is 6.04. The molecule has 3 rings (SSSR count). The summed E-state index contributed by atoms with van der Waals surface area (Å²) in [7, 11) is 0. The van der Waals surface area contributed by atoms with Crippen molar-refractivity contribution in [3.05, 3.63) is 70.9 Å². The van der Waals surface area contributed by atoms with Crippen LogP contribution in [-0.2, 0) is 12.8 Å². The smallest absolute Gasteiger partial charge is 0.229 e. The lowest BCUT2D eigenvalue weighted by molar-refractivity contribution is 0.101. The van der Waals surface area contributed by atoms with Gasteiger partial charge in [0.2, 0.25) is 5.95 Å². The van der Waals surface area contributed by atoms with Crippen molar-refractivity contribution in [3.63, 3.8) is 0 Å². The van der Waals surface area contributed by atoms with E-state index in [0.717, 1.165) is 35.7 Å². The maximum absolute atomic E-state index is 11.6. The monoisotopic (exact) mass is 374 g/mol. The second-order valence-corrected chi connectivity index (χ2v) is 6.76. The minimum atomic E-state index is 0.0273. The molecule has 0 spiro atoms. The van der Waals surface area contributed by atoms with Gasteiger partial charge in [-0.2, -0.15) is 4.98 Å². The van der Waals surface area contributed by atoms with Crippen LogP contribution in [-0.4, -0.2) is 15.8 Å². The van der Waals surface area contributed by atoms with Gasteiger partial charge < -0.3 is 10.6 Å². The predicted molar refractivity (Wildman–Crippen MR) is 115 cm³/mol. The topological polar surface area (TPSA) is 66.9 Å². The van der Waals surface area contributed by atoms with Gasteiger partial charge in [-0.15, -0.1) is 0 Å². The second kappa shape index (κ2) is 8.65. The van der Waals surface area contributed by atoms with Gasteiger partial charge in [0.05, 0.1) is 0 Å². The van der Waals surface area contributed by atoms with Gasteiger partial charge in [-0.3, -0.25) is 4.79 Å². The van der Waals surface area contributed by atoms with Gasteiger partial charge in [0.15, 0.2) is 5.78 Å². The summed E-state index contributed by atoms with van der Waals surface area (Å²) < 4.78 is 0. The number of carbonyl (C=O) groups is 1. The lowest BCUT2D eigenvalue weighted by Crippen LogP contribution is -2.05. The maximum Gasteiger partial charge on any atom is 0.229 e. The van der Waals surface area contributed by atoms with Crippen LogP contribution >= 0.6 is 0 Å². The average molecular weight is 374 g/mol. The molecule has 5 nitrogen and oxygen atoms in total. The average Bonchev–Trinajstić information content (AvgIpc) is 2.68. The third-order valence-corrected chi connectivity index (χ3v) is 4.63. The minimum Gasteiger partial charge on any atom is -0.340 e. The maximum atomic E-state index is 11.6. The Labute approximate surface area is 166 Å². The summed E-state index contributed by atoms with van der Waals surface area (Å²) in [6.45, 7) is 7.80. The van der Waals surface area contributed by atoms with Crippen molar-refractivity contribution in [2.24, 2.45) is 0 Å². The minimum absolute atomic E-state index is 0.0273. The first kappa shape index (κ1) is 19.5. The largest absolute Gasteiger partial charge is 0.340 e. The van der Waals surface area contributed by atoms with Crippen LogP contribution in [0.25, 0.3) is 0 Å². The number of hydrogen-bond acceptors (Lipinski definition) is 5. The Hall–Kier alpha value is -3.21. The Bertz CT molecular complexity index is 975. The summed E-state index contributed by atoms with van der Waals surface area (Å²) in [5.74, 6) is 1.27. The van der Waals surface area contributed by atoms with Crippen molar-refractivity contribution >= 4 is 28.9 Å². The van der Waals surface area contributed by atoms with Crippen molar-refractivity contribution in [1.82, 2.24) is 9.97 Å². The normalized spacial score (nSPS) is 10.6. The molecule has 0 aliphatic rings. The molecule has 144 valence electrons. The summed E-state index contributed by atoms with van der Waals surface area (Å²) in [4.78, 5) is 20.7. The van der Waals surface area contributed by atoms with E-state index in [1.54, 1.807) is 13.0 Å². The van der Waals surface area contributed by atoms with Crippen molar-refractivity contribution in [2.75, 3.05) is 10.6 Å². The van der Waals surface area contributed by atoms with Gasteiger partial charge in [0, 0.05) is 28.7 Å². The van der Waals surface area contributed by atoms with Crippen LogP contribution in [0, 0.1) is 6.92 Å². The Morgan fingerprint density at radius 2 is 1.61 bits per heavy atom. The van der Waals surface area contributed by atoms with Gasteiger partial charge in [0.25, 0.3) is 0 Å². The fraction of sp³-hybridized carbons (Fsp3) is 0.261. The molecule has 2 N–H and O–H groups in total. The highest BCUT2D eigenvalue weighted by Crippen LogP contribution is 2.27. The van der Waals surface area contributed by atoms with Gasteiger partial charge in [0.1, 0.15) is 5.82 Å². The molecule has 0 fully saturated rings. The lowest BCUT2D eigenvalue weighted by atomic mass is 10.0. The van der Waals surface area contributed by atoms with Crippen LogP contribution in [0.5, 0.6) is 0 Å². The number of hydrogen-bond donors (Lipinski definition) is 2. The number of rotatable bonds is 7. The van der Waals surface area contributed by atoms with Gasteiger partial charge in [-0.1, -0.05) is 44.2 Å². The summed E-state index contributed by atoms with van der Waals surface area (Å²) in [5, 5.41) is 6.70. The number of nitrogens with zero attached hydrogens (tertiary/aromatic N) is 2. The molecule has 2 aromatic carbocycles. The van der Waals surface area contributed by atoms with Crippen molar-refractivity contribution < 1.29 is 4.79 Å². The van der Waals surface area contributed by atoms with Crippen molar-refractivity contribution in [3.8, 4) is 0 Å². The molecule has 0 saturated heterocycles. The number of para-hydroxylation sites is 1. The number of carbonyl (C=O) groups excluding carboxylic acids is 1. The number of nitrogens with one attached hydrogen (secondary N) is 2. The molecule has 0 unspecified atom stereocenters. The van der Waals surface area contributed by atoms with Gasteiger partial charge in [-0.25, -0.2) is 4.98 Å². The fourth-order valence-corrected chi connectivity index (χ4v) is 3.16. The number of anilines is 4. The summed E-state index contributed by atoms with van der Waals surface area (Å²) in [6.07, 6.45) is 1.90. The van der Waals surface area contributed by atoms with E-state index in [4.69, 9.17) is 0 Å². The van der Waals surface area contributed by atoms with Gasteiger partial charge >= 0.3 is 0 Å². The first-order chi connectivity index (χ1) is 13.5. The zero-order chi connectivity index (χ0) is 20.1. The number of aryl methyl sites for hydroxylation is 3. The first-order valence-electron chi connectivity index (χ1n) is 9.61. The molecule has 3 aromatic rings. The van der Waals surface area contributed by atoms with E-state index in [1.165, 1.54) is 11.1 Å². The molecule has 0 radical (unpaired) electrons. The summed E-state index contributed by atoms with van der Waals surface area (Å²) >= 11 is 0. The fourth-order valence-electron chi connectivity index (χ4n) is 3.16. The lowest BCUT2D eigenvalue weighted by Gasteiger charge is -2.16. The second-order valence-electron chi connectivity index (χ2n) is 6.76. The highest BCUT2D eigenvalue weighted by atomic mass is 16.1. The van der Waals surface area contributed by atoms with E-state index in [1.807, 2.05) is 31.2 Å². The van der Waals surface area contributed by atoms with E-state index in [9.17, 15) is 4.79 Å². The molecular formula is C23H26N4O. The van der Waals surface area contributed by atoms with Crippen molar-refractivity contribution in [1.29, 1.82) is 0 Å². The number of aromatic nitrogens is 2. The van der Waals surface area contributed by atoms with Crippen molar-refractivity contribution in [2.45, 2.75) is 40.5 Å². The zero-order valence-corrected chi connectivity index (χ0v) is 16.8. The van der Waals surface area contributed by atoms with Crippen LogP contribution in [0.4, 0.5) is 23.1 Å². The molecule has 5 heteroatoms. The van der Waals surface area contributed by atoms with Crippen LogP contribution in [0.3, 0.4) is 0 Å². The molecule has 28 heavy (non-hydrogen) atoms. The van der Waals surface area contributed by atoms with E-state index in [2.05, 4.69) is 52.6 Å². The number of benzene rings is 2. The van der Waals surface area contributed by atoms with E-state index >= 15 is 0 Å². The quantitative estimate of drug-likeness (QED) is 0.527. The molecular weight excluding hydrogens is 348 g/mol. The van der Waals surface area contributed by atoms with Gasteiger partial charge in [-0.05, 0) is 49.9 Å². The van der Waals surface area contributed by atoms with Crippen LogP contribution in [0.15, 0.2) is 48.5 Å². The van der Waals surface area contributed by atoms with E-state index in [-0.39, 0.29) is 5.78 Å². The van der Waals surface area contributed by atoms with Crippen LogP contribution < -0.4 is 10.6 Å². The van der Waals surface area contributed by atoms with Crippen LogP contribution in [0.2, 0.25) is 0 Å². The third-order valence-electron chi connectivity index (χ3n) is 4.63. The summed E-state index contributed by atoms with van der Waals surface area (Å²) in [6, 6.07) is 15.7. The number of ketones is 1. The molecule has 0 aliphatic carbocycles. The third kappa shape index (κ3) is 4.55. The molecule has 0 bridgehead atoms. The Morgan fingerprint density at radius 3 is 2.25 bits per heavy atom. The molecule has 0 aliphatic heterocycles. The molecule has 1 heterocycles. The Balaban J connectivity index is 1.91. The molecule has 1 aromatic heterocycles. The molecule has 0 amide bonds. The Morgan fingerprint density at radius 1 is 0.929 bits per heavy atom. The predicted octanol–water partition coefficient (Wildman–Crippen LogP) is 5.60. The molecule has 0 atom stereocenters. The van der Waals surface area contributed by atoms with Crippen LogP contribution in [0.1, 0.15) is 48.0 Å². The van der Waals surface area contributed by atoms with E-state index in [0.29, 0.717) is 11.5 Å². The highest BCUT2D eigenvalue weighted by molar-refractivity contribution is 5.95.